The third-order valence-corrected chi connectivity index (χ3v) is 3.74. The van der Waals surface area contributed by atoms with E-state index in [0.717, 1.165) is 12.0 Å². The molecule has 1 aliphatic heterocycles. The molecule has 1 saturated heterocycles. The average Bonchev–Trinajstić information content (AvgIpc) is 3.05. The molecule has 0 radical (unpaired) electrons. The fourth-order valence-electron chi connectivity index (χ4n) is 2.43. The molecule has 1 aromatic rings. The van der Waals surface area contributed by atoms with Crippen molar-refractivity contribution in [1.82, 2.24) is 0 Å². The van der Waals surface area contributed by atoms with Gasteiger partial charge in [-0.2, -0.15) is 0 Å². The van der Waals surface area contributed by atoms with Crippen LogP contribution in [0.3, 0.4) is 0 Å². The lowest BCUT2D eigenvalue weighted by molar-refractivity contribution is -0.146. The Hall–Kier alpha value is -1.39. The molecule has 90 valence electrons. The molecule has 3 rings (SSSR count). The van der Waals surface area contributed by atoms with Gasteiger partial charge in [-0.05, 0) is 6.42 Å². The van der Waals surface area contributed by atoms with Gasteiger partial charge in [-0.25, -0.2) is 0 Å². The molecule has 4 nitrogen and oxygen atoms in total. The summed E-state index contributed by atoms with van der Waals surface area (Å²) in [6.45, 7) is 0.912. The third-order valence-electron chi connectivity index (χ3n) is 3.74. The summed E-state index contributed by atoms with van der Waals surface area (Å²) < 4.78 is 11.4. The van der Waals surface area contributed by atoms with E-state index in [0.29, 0.717) is 13.2 Å². The van der Waals surface area contributed by atoms with Crippen LogP contribution in [0.2, 0.25) is 0 Å². The first-order valence-electron chi connectivity index (χ1n) is 5.80. The van der Waals surface area contributed by atoms with Crippen LogP contribution < -0.4 is 5.73 Å². The molecule has 2 N–H and O–H groups in total. The van der Waals surface area contributed by atoms with E-state index in [1.54, 1.807) is 0 Å². The highest BCUT2D eigenvalue weighted by Gasteiger charge is 2.60. The Morgan fingerprint density at radius 2 is 2.06 bits per heavy atom. The van der Waals surface area contributed by atoms with Gasteiger partial charge < -0.3 is 15.2 Å². The van der Waals surface area contributed by atoms with Crippen molar-refractivity contribution in [3.05, 3.63) is 35.9 Å². The van der Waals surface area contributed by atoms with E-state index < -0.39 is 5.41 Å². The number of fused-ring (bicyclic) bond motifs is 1. The van der Waals surface area contributed by atoms with Crippen molar-refractivity contribution >= 4 is 5.91 Å². The van der Waals surface area contributed by atoms with Crippen molar-refractivity contribution in [3.63, 3.8) is 0 Å². The lowest BCUT2D eigenvalue weighted by atomic mass is 10.1. The Morgan fingerprint density at radius 3 is 2.76 bits per heavy atom. The van der Waals surface area contributed by atoms with Gasteiger partial charge in [-0.3, -0.25) is 4.79 Å². The summed E-state index contributed by atoms with van der Waals surface area (Å²) in [5.74, 6) is -0.0338. The van der Waals surface area contributed by atoms with Crippen molar-refractivity contribution in [1.29, 1.82) is 0 Å². The first-order chi connectivity index (χ1) is 8.22. The molecular weight excluding hydrogens is 218 g/mol. The van der Waals surface area contributed by atoms with E-state index in [9.17, 15) is 4.79 Å². The fourth-order valence-corrected chi connectivity index (χ4v) is 2.43. The number of carbonyl (C=O) groups excluding carboxylic acids is 1. The molecule has 1 aliphatic carbocycles. The van der Waals surface area contributed by atoms with Crippen molar-refractivity contribution in [3.8, 4) is 0 Å². The van der Waals surface area contributed by atoms with Gasteiger partial charge in [0.1, 0.15) is 0 Å². The largest absolute Gasteiger partial charge is 0.369 e. The molecule has 17 heavy (non-hydrogen) atoms. The number of nitrogens with two attached hydrogens (primary N) is 1. The summed E-state index contributed by atoms with van der Waals surface area (Å²) in [4.78, 5) is 11.4. The van der Waals surface area contributed by atoms with Crippen molar-refractivity contribution in [2.45, 2.75) is 12.7 Å². The highest BCUT2D eigenvalue weighted by molar-refractivity contribution is 5.84. The number of ether oxygens (including phenoxy) is 2. The highest BCUT2D eigenvalue weighted by atomic mass is 16.7. The summed E-state index contributed by atoms with van der Waals surface area (Å²) in [5, 5.41) is 0. The van der Waals surface area contributed by atoms with Crippen LogP contribution in [0, 0.1) is 11.3 Å². The van der Waals surface area contributed by atoms with Gasteiger partial charge in [0, 0.05) is 11.5 Å². The first-order valence-corrected chi connectivity index (χ1v) is 5.80. The second-order valence-corrected chi connectivity index (χ2v) is 4.81. The second-order valence-electron chi connectivity index (χ2n) is 4.81. The van der Waals surface area contributed by atoms with Crippen LogP contribution in [-0.2, 0) is 14.3 Å². The van der Waals surface area contributed by atoms with E-state index in [1.807, 2.05) is 30.3 Å². The monoisotopic (exact) mass is 233 g/mol. The Kier molecular flexibility index (Phi) is 2.42. The Labute approximate surface area is 99.7 Å². The molecule has 2 aliphatic rings. The van der Waals surface area contributed by atoms with Crippen molar-refractivity contribution in [2.75, 3.05) is 13.2 Å². The van der Waals surface area contributed by atoms with Crippen LogP contribution in [0.15, 0.2) is 30.3 Å². The zero-order valence-electron chi connectivity index (χ0n) is 9.46. The van der Waals surface area contributed by atoms with Gasteiger partial charge in [0.25, 0.3) is 0 Å². The van der Waals surface area contributed by atoms with Gasteiger partial charge in [-0.1, -0.05) is 30.3 Å². The highest BCUT2D eigenvalue weighted by Crippen LogP contribution is 2.55. The van der Waals surface area contributed by atoms with Gasteiger partial charge >= 0.3 is 0 Å². The summed E-state index contributed by atoms with van der Waals surface area (Å²) in [5.41, 5.74) is 5.93. The number of carbonyl (C=O) groups is 1. The number of primary amides is 1. The van der Waals surface area contributed by atoms with E-state index >= 15 is 0 Å². The maximum Gasteiger partial charge on any atom is 0.226 e. The molecule has 4 heteroatoms. The second kappa shape index (κ2) is 3.82. The maximum atomic E-state index is 11.4. The minimum atomic E-state index is -0.469. The lowest BCUT2D eigenvalue weighted by Gasteiger charge is -2.17. The van der Waals surface area contributed by atoms with Crippen LogP contribution in [0.25, 0.3) is 0 Å². The minimum Gasteiger partial charge on any atom is -0.369 e. The summed E-state index contributed by atoms with van der Waals surface area (Å²) in [7, 11) is 0. The first kappa shape index (κ1) is 10.7. The molecule has 1 heterocycles. The number of amides is 1. The average molecular weight is 233 g/mol. The third kappa shape index (κ3) is 1.73. The number of hydrogen-bond acceptors (Lipinski definition) is 3. The molecule has 0 bridgehead atoms. The zero-order chi connectivity index (χ0) is 11.9. The van der Waals surface area contributed by atoms with E-state index in [4.69, 9.17) is 15.2 Å². The van der Waals surface area contributed by atoms with E-state index in [2.05, 4.69) is 0 Å². The molecule has 1 unspecified atom stereocenters. The Morgan fingerprint density at radius 1 is 1.29 bits per heavy atom. The van der Waals surface area contributed by atoms with Crippen LogP contribution in [0.4, 0.5) is 0 Å². The van der Waals surface area contributed by atoms with Crippen LogP contribution in [-0.4, -0.2) is 19.1 Å². The van der Waals surface area contributed by atoms with Crippen LogP contribution in [0.5, 0.6) is 0 Å². The SMILES string of the molecule is NC(=O)[C@@]12COC(c3ccccc3)OC[C@@H]1C2. The molecule has 0 spiro atoms. The number of rotatable bonds is 2. The molecule has 0 aromatic heterocycles. The zero-order valence-corrected chi connectivity index (χ0v) is 9.46. The van der Waals surface area contributed by atoms with Gasteiger partial charge in [0.15, 0.2) is 6.29 Å². The van der Waals surface area contributed by atoms with E-state index in [-0.39, 0.29) is 18.1 Å². The minimum absolute atomic E-state index is 0.230. The predicted molar refractivity (Wildman–Crippen MR) is 60.8 cm³/mol. The van der Waals surface area contributed by atoms with Gasteiger partial charge in [0.2, 0.25) is 5.91 Å². The lowest BCUT2D eigenvalue weighted by Crippen LogP contribution is -2.30. The standard InChI is InChI=1S/C13H15NO3/c14-12(15)13-6-10(13)7-16-11(17-8-13)9-4-2-1-3-5-9/h1-5,10-11H,6-8H2,(H2,14,15)/t10-,11?,13-/m0/s1. The van der Waals surface area contributed by atoms with Crippen LogP contribution in [0.1, 0.15) is 18.3 Å². The number of hydrogen-bond donors (Lipinski definition) is 1. The summed E-state index contributed by atoms with van der Waals surface area (Å²) >= 11 is 0. The van der Waals surface area contributed by atoms with Gasteiger partial charge in [0.05, 0.1) is 18.6 Å². The summed E-state index contributed by atoms with van der Waals surface area (Å²) in [6.07, 6.45) is 0.421. The normalized spacial score (nSPS) is 35.8. The summed E-state index contributed by atoms with van der Waals surface area (Å²) in [6, 6.07) is 9.74. The molecule has 1 amide bonds. The fraction of sp³-hybridized carbons (Fsp3) is 0.462. The van der Waals surface area contributed by atoms with Crippen molar-refractivity contribution < 1.29 is 14.3 Å². The Balaban J connectivity index is 1.75. The van der Waals surface area contributed by atoms with Crippen molar-refractivity contribution in [2.24, 2.45) is 17.1 Å². The Bertz CT molecular complexity index is 434. The predicted octanol–water partition coefficient (Wildman–Crippen LogP) is 1.22. The van der Waals surface area contributed by atoms with Gasteiger partial charge in [-0.15, -0.1) is 0 Å². The topological polar surface area (TPSA) is 61.6 Å². The molecule has 1 aromatic carbocycles. The number of benzene rings is 1. The quantitative estimate of drug-likeness (QED) is 0.835. The molecular formula is C13H15NO3. The van der Waals surface area contributed by atoms with E-state index in [1.165, 1.54) is 0 Å². The van der Waals surface area contributed by atoms with Crippen LogP contribution >= 0.6 is 0 Å². The maximum absolute atomic E-state index is 11.4. The smallest absolute Gasteiger partial charge is 0.226 e. The molecule has 2 fully saturated rings. The molecule has 1 saturated carbocycles. The molecule has 3 atom stereocenters.